The molecule has 1 rings (SSSR count). The number of amides is 10. The lowest BCUT2D eigenvalue weighted by atomic mass is 9.96. The number of aliphatic hydroxyl groups excluding tert-OH is 1. The van der Waals surface area contributed by atoms with Gasteiger partial charge < -0.3 is 74.0 Å². The number of carbonyl (C=O) groups is 11. The van der Waals surface area contributed by atoms with Crippen molar-refractivity contribution in [3.8, 4) is 0 Å². The number of likely N-dealkylation sites (N-methyl/N-ethyl adjacent to an activating group) is 2. The Hall–Kier alpha value is -6.25. The molecule has 0 unspecified atom stereocenters. The van der Waals surface area contributed by atoms with E-state index in [2.05, 4.69) is 60.2 Å². The molecule has 0 aromatic heterocycles. The molecule has 1 aliphatic rings. The highest BCUT2D eigenvalue weighted by atomic mass is 32.1. The third-order valence-electron chi connectivity index (χ3n) is 11.9. The monoisotopic (exact) mass is 1060 g/mol. The highest BCUT2D eigenvalue weighted by Gasteiger charge is 2.41. The molecule has 0 saturated carbocycles. The molecule has 0 aliphatic carbocycles. The third-order valence-corrected chi connectivity index (χ3v) is 12.2. The summed E-state index contributed by atoms with van der Waals surface area (Å²) in [5, 5.41) is 39.7. The molecule has 0 spiro atoms. The molecule has 10 amide bonds. The van der Waals surface area contributed by atoms with E-state index in [0.29, 0.717) is 32.2 Å². The number of guanidine groups is 1. The summed E-state index contributed by atoms with van der Waals surface area (Å²) in [5.41, 5.74) is 11.0. The molecule has 414 valence electrons. The van der Waals surface area contributed by atoms with Crippen LogP contribution < -0.4 is 54.0 Å². The first-order valence-electron chi connectivity index (χ1n) is 24.6. The van der Waals surface area contributed by atoms with Crippen LogP contribution >= 0.6 is 12.6 Å². The topological polar surface area (TPSA) is 395 Å². The molecule has 0 bridgehead atoms. The molecule has 26 nitrogen and oxygen atoms in total. The van der Waals surface area contributed by atoms with E-state index < -0.39 is 144 Å². The van der Waals surface area contributed by atoms with Crippen LogP contribution in [0.25, 0.3) is 0 Å². The fourth-order valence-corrected chi connectivity index (χ4v) is 7.73. The van der Waals surface area contributed by atoms with Gasteiger partial charge in [-0.15, -0.1) is 0 Å². The van der Waals surface area contributed by atoms with E-state index in [4.69, 9.17) is 16.6 Å². The maximum atomic E-state index is 14.1. The summed E-state index contributed by atoms with van der Waals surface area (Å²) in [6.07, 6.45) is 1.46. The molecule has 0 aromatic carbocycles. The van der Waals surface area contributed by atoms with Crippen molar-refractivity contribution in [2.45, 2.75) is 160 Å². The van der Waals surface area contributed by atoms with Crippen LogP contribution in [0, 0.1) is 11.8 Å². The predicted molar refractivity (Wildman–Crippen MR) is 272 cm³/mol. The average Bonchev–Trinajstić information content (AvgIpc) is 3.82. The van der Waals surface area contributed by atoms with Crippen molar-refractivity contribution in [2.75, 3.05) is 46.4 Å². The van der Waals surface area contributed by atoms with Gasteiger partial charge in [0, 0.05) is 37.8 Å². The number of nitrogens with zero attached hydrogens (tertiary/aromatic N) is 3. The van der Waals surface area contributed by atoms with Crippen LogP contribution in [0.15, 0.2) is 4.99 Å². The van der Waals surface area contributed by atoms with E-state index in [-0.39, 0.29) is 50.6 Å². The number of carbonyl (C=O) groups excluding carboxylic acids is 10. The first kappa shape index (κ1) is 64.8. The third kappa shape index (κ3) is 22.6. The predicted octanol–water partition coefficient (Wildman–Crippen LogP) is -3.28. The second-order valence-corrected chi connectivity index (χ2v) is 20.0. The van der Waals surface area contributed by atoms with Crippen molar-refractivity contribution >= 4 is 83.6 Å². The van der Waals surface area contributed by atoms with Gasteiger partial charge in [-0.25, -0.2) is 0 Å². The minimum absolute atomic E-state index is 0.0558. The van der Waals surface area contributed by atoms with E-state index >= 15 is 0 Å². The number of nitrogens with two attached hydrogens (primary N) is 2. The zero-order chi connectivity index (χ0) is 55.7. The van der Waals surface area contributed by atoms with Gasteiger partial charge in [0.1, 0.15) is 42.3 Å². The summed E-state index contributed by atoms with van der Waals surface area (Å²) >= 11 is 4.50. The van der Waals surface area contributed by atoms with Gasteiger partial charge in [-0.2, -0.15) is 12.6 Å². The second kappa shape index (κ2) is 32.0. The number of hydrogen-bond donors (Lipinski definition) is 13. The molecule has 8 atom stereocenters. The zero-order valence-corrected chi connectivity index (χ0v) is 44.5. The summed E-state index contributed by atoms with van der Waals surface area (Å²) in [5.74, 6) is -9.60. The molecule has 0 aromatic rings. The standard InChI is InChI=1S/C46H81N13O13S/c1-10-15-27(38(66)56-36(26(6)11-2)42(70)53-28(16-13-20-50-45(47)48)44(72)59-21-14-17-30(59)40(68)49-12-3)52-39(67)29(24-60)54-43(71)37(46(7,8)73)57-41(69)35(25(4)5)55-31(61)22-51-32(62)23-58(9)33(63)18-19-34(64)65/h25-30,35-37,60,73H,10-24H2,1-9H3,(H,49,68)(H,51,62)(H,52,67)(H,53,70)(H,54,71)(H,55,61)(H,56,66)(H,57,69)(H,64,65)(H4,47,48,50)/t26-,27-,28-,29-,30-,35-,36-,37-/m0/s1. The number of carboxylic acids is 1. The number of aliphatic hydroxyl groups is 1. The number of hydrogen-bond acceptors (Lipinski definition) is 14. The quantitative estimate of drug-likeness (QED) is 0.0136. The Balaban J connectivity index is 3.21. The Kier molecular flexibility index (Phi) is 28.4. The number of aliphatic imine (C=N–C) groups is 1. The van der Waals surface area contributed by atoms with Gasteiger partial charge in [-0.3, -0.25) is 57.7 Å². The number of carboxylic acid groups (broad SMARTS) is 1. The summed E-state index contributed by atoms with van der Waals surface area (Å²) in [7, 11) is 1.29. The van der Waals surface area contributed by atoms with E-state index in [9.17, 15) is 57.8 Å². The number of likely N-dealkylation sites (tertiary alicyclic amines) is 1. The molecule has 14 N–H and O–H groups in total. The summed E-state index contributed by atoms with van der Waals surface area (Å²) in [6.45, 7) is 12.0. The van der Waals surface area contributed by atoms with Gasteiger partial charge in [0.15, 0.2) is 5.96 Å². The Morgan fingerprint density at radius 2 is 1.37 bits per heavy atom. The Labute approximate surface area is 432 Å². The Bertz CT molecular complexity index is 1960. The molecule has 0 radical (unpaired) electrons. The van der Waals surface area contributed by atoms with Crippen LogP contribution in [0.4, 0.5) is 0 Å². The summed E-state index contributed by atoms with van der Waals surface area (Å²) < 4.78 is -1.32. The van der Waals surface area contributed by atoms with Crippen molar-refractivity contribution in [1.82, 2.24) is 52.3 Å². The van der Waals surface area contributed by atoms with Gasteiger partial charge in [-0.1, -0.05) is 47.5 Å². The second-order valence-electron chi connectivity index (χ2n) is 18.9. The highest BCUT2D eigenvalue weighted by Crippen LogP contribution is 2.21. The number of rotatable bonds is 32. The lowest BCUT2D eigenvalue weighted by molar-refractivity contribution is -0.142. The molecule has 1 heterocycles. The van der Waals surface area contributed by atoms with E-state index in [0.717, 1.165) is 4.90 Å². The van der Waals surface area contributed by atoms with E-state index in [1.807, 2.05) is 0 Å². The zero-order valence-electron chi connectivity index (χ0n) is 43.6. The SMILES string of the molecule is CCC[C@H](NC(=O)[C@H](CO)NC(=O)[C@H](NC(=O)[C@@H](NC(=O)CNC(=O)CN(C)C(=O)CCC(=O)O)C(C)C)C(C)(C)S)C(=O)N[C@H](C(=O)N[C@@H](CCCN=C(N)N)C(=O)N1CCC[C@H]1C(=O)NCC)[C@@H](C)CC. The lowest BCUT2D eigenvalue weighted by Crippen LogP contribution is -2.64. The number of thiol groups is 1. The first-order chi connectivity index (χ1) is 34.1. The van der Waals surface area contributed by atoms with Crippen molar-refractivity contribution in [3.63, 3.8) is 0 Å². The van der Waals surface area contributed by atoms with Crippen LogP contribution in [-0.2, 0) is 52.7 Å². The van der Waals surface area contributed by atoms with E-state index in [1.54, 1.807) is 41.5 Å². The molecule has 1 fully saturated rings. The van der Waals surface area contributed by atoms with Crippen LogP contribution in [0.1, 0.15) is 113 Å². The van der Waals surface area contributed by atoms with Crippen molar-refractivity contribution in [1.29, 1.82) is 0 Å². The van der Waals surface area contributed by atoms with Gasteiger partial charge >= 0.3 is 5.97 Å². The molecular weight excluding hydrogens is 975 g/mol. The minimum atomic E-state index is -1.67. The lowest BCUT2D eigenvalue weighted by Gasteiger charge is -2.33. The maximum absolute atomic E-state index is 14.1. The molecule has 1 saturated heterocycles. The van der Waals surface area contributed by atoms with Crippen LogP contribution in [0.5, 0.6) is 0 Å². The molecule has 27 heteroatoms. The van der Waals surface area contributed by atoms with Crippen molar-refractivity contribution in [2.24, 2.45) is 28.3 Å². The smallest absolute Gasteiger partial charge is 0.303 e. The number of nitrogens with one attached hydrogen (secondary N) is 8. The van der Waals surface area contributed by atoms with Crippen LogP contribution in [-0.4, -0.2) is 184 Å². The Morgan fingerprint density at radius 1 is 0.767 bits per heavy atom. The summed E-state index contributed by atoms with van der Waals surface area (Å²) in [6, 6.07) is -8.78. The van der Waals surface area contributed by atoms with Crippen molar-refractivity contribution < 1.29 is 63.0 Å². The van der Waals surface area contributed by atoms with Crippen LogP contribution in [0.3, 0.4) is 0 Å². The Morgan fingerprint density at radius 3 is 1.92 bits per heavy atom. The van der Waals surface area contributed by atoms with Crippen LogP contribution in [0.2, 0.25) is 0 Å². The summed E-state index contributed by atoms with van der Waals surface area (Å²) in [4.78, 5) is 151. The van der Waals surface area contributed by atoms with Crippen molar-refractivity contribution in [3.05, 3.63) is 0 Å². The van der Waals surface area contributed by atoms with Gasteiger partial charge in [-0.05, 0) is 64.7 Å². The fourth-order valence-electron chi connectivity index (χ4n) is 7.55. The highest BCUT2D eigenvalue weighted by molar-refractivity contribution is 7.81. The molecule has 73 heavy (non-hydrogen) atoms. The largest absolute Gasteiger partial charge is 0.481 e. The normalized spacial score (nSPS) is 16.2. The maximum Gasteiger partial charge on any atom is 0.303 e. The average molecular weight is 1060 g/mol. The fraction of sp³-hybridized carbons (Fsp3) is 0.739. The first-order valence-corrected chi connectivity index (χ1v) is 25.1. The van der Waals surface area contributed by atoms with E-state index in [1.165, 1.54) is 25.8 Å². The van der Waals surface area contributed by atoms with Gasteiger partial charge in [0.05, 0.1) is 26.1 Å². The number of aliphatic carboxylic acids is 1. The van der Waals surface area contributed by atoms with Gasteiger partial charge in [0.25, 0.3) is 0 Å². The molecule has 1 aliphatic heterocycles. The minimum Gasteiger partial charge on any atom is -0.481 e. The molecular formula is C46H81N13O13S. The van der Waals surface area contributed by atoms with Gasteiger partial charge in [0.2, 0.25) is 59.1 Å².